The van der Waals surface area contributed by atoms with E-state index in [0.29, 0.717) is 12.1 Å². The van der Waals surface area contributed by atoms with E-state index in [9.17, 15) is 4.79 Å². The van der Waals surface area contributed by atoms with Crippen LogP contribution in [-0.4, -0.2) is 42.0 Å². The third kappa shape index (κ3) is 4.26. The van der Waals surface area contributed by atoms with E-state index in [0.717, 1.165) is 5.56 Å². The SMILES string of the molecule is CC(NCc1cccc(C(N)=NO)c1)C(=O)N(C)C. The van der Waals surface area contributed by atoms with Gasteiger partial charge in [-0.05, 0) is 18.6 Å². The van der Waals surface area contributed by atoms with E-state index in [4.69, 9.17) is 10.9 Å². The van der Waals surface area contributed by atoms with Gasteiger partial charge in [0.1, 0.15) is 0 Å². The Morgan fingerprint density at radius 3 is 2.79 bits per heavy atom. The number of amidine groups is 1. The van der Waals surface area contributed by atoms with Crippen LogP contribution >= 0.6 is 0 Å². The fourth-order valence-corrected chi connectivity index (χ4v) is 1.64. The Hall–Kier alpha value is -2.08. The molecule has 1 amide bonds. The molecule has 0 aliphatic rings. The zero-order valence-electron chi connectivity index (χ0n) is 11.4. The second-order valence-electron chi connectivity index (χ2n) is 4.52. The van der Waals surface area contributed by atoms with Crippen LogP contribution in [0.1, 0.15) is 18.1 Å². The fraction of sp³-hybridized carbons (Fsp3) is 0.385. The van der Waals surface area contributed by atoms with Crippen molar-refractivity contribution in [1.82, 2.24) is 10.2 Å². The van der Waals surface area contributed by atoms with Gasteiger partial charge in [-0.25, -0.2) is 0 Å². The lowest BCUT2D eigenvalue weighted by Gasteiger charge is -2.18. The van der Waals surface area contributed by atoms with Crippen molar-refractivity contribution in [2.24, 2.45) is 10.9 Å². The maximum Gasteiger partial charge on any atom is 0.238 e. The van der Waals surface area contributed by atoms with Gasteiger partial charge in [-0.15, -0.1) is 0 Å². The molecule has 0 saturated heterocycles. The summed E-state index contributed by atoms with van der Waals surface area (Å²) in [6.45, 7) is 2.35. The summed E-state index contributed by atoms with van der Waals surface area (Å²) in [5.41, 5.74) is 7.13. The molecule has 4 N–H and O–H groups in total. The van der Waals surface area contributed by atoms with Gasteiger partial charge in [-0.3, -0.25) is 4.79 Å². The van der Waals surface area contributed by atoms with Crippen molar-refractivity contribution in [3.05, 3.63) is 35.4 Å². The molecule has 1 atom stereocenters. The summed E-state index contributed by atoms with van der Waals surface area (Å²) in [4.78, 5) is 13.2. The van der Waals surface area contributed by atoms with Crippen molar-refractivity contribution in [3.8, 4) is 0 Å². The van der Waals surface area contributed by atoms with Crippen molar-refractivity contribution in [1.29, 1.82) is 0 Å². The molecule has 0 aromatic heterocycles. The predicted molar refractivity (Wildman–Crippen MR) is 73.9 cm³/mol. The quantitative estimate of drug-likeness (QED) is 0.310. The first-order chi connectivity index (χ1) is 8.95. The third-order valence-corrected chi connectivity index (χ3v) is 2.75. The topological polar surface area (TPSA) is 91.0 Å². The number of oxime groups is 1. The molecule has 0 radical (unpaired) electrons. The van der Waals surface area contributed by atoms with Gasteiger partial charge in [0.2, 0.25) is 5.91 Å². The van der Waals surface area contributed by atoms with Crippen LogP contribution in [0.25, 0.3) is 0 Å². The van der Waals surface area contributed by atoms with Crippen molar-refractivity contribution < 1.29 is 10.0 Å². The molecule has 1 aromatic carbocycles. The Morgan fingerprint density at radius 2 is 2.21 bits per heavy atom. The second kappa shape index (κ2) is 6.75. The van der Waals surface area contributed by atoms with Crippen LogP contribution in [0.2, 0.25) is 0 Å². The van der Waals surface area contributed by atoms with Gasteiger partial charge < -0.3 is 21.2 Å². The van der Waals surface area contributed by atoms with Gasteiger partial charge in [0, 0.05) is 26.2 Å². The maximum absolute atomic E-state index is 11.7. The molecule has 6 heteroatoms. The highest BCUT2D eigenvalue weighted by atomic mass is 16.4. The van der Waals surface area contributed by atoms with E-state index >= 15 is 0 Å². The summed E-state index contributed by atoms with van der Waals surface area (Å²) in [5, 5.41) is 14.7. The van der Waals surface area contributed by atoms with Crippen LogP contribution in [0.3, 0.4) is 0 Å². The van der Waals surface area contributed by atoms with Gasteiger partial charge in [-0.1, -0.05) is 23.4 Å². The Bertz CT molecular complexity index is 471. The van der Waals surface area contributed by atoms with Crippen LogP contribution < -0.4 is 11.1 Å². The summed E-state index contributed by atoms with van der Waals surface area (Å²) in [5.74, 6) is 0.0897. The van der Waals surface area contributed by atoms with E-state index < -0.39 is 0 Å². The molecule has 0 bridgehead atoms. The Morgan fingerprint density at radius 1 is 1.53 bits per heavy atom. The van der Waals surface area contributed by atoms with Crippen molar-refractivity contribution in [2.75, 3.05) is 14.1 Å². The number of benzene rings is 1. The predicted octanol–water partition coefficient (Wildman–Crippen LogP) is 0.347. The van der Waals surface area contributed by atoms with E-state index in [1.54, 1.807) is 25.1 Å². The highest BCUT2D eigenvalue weighted by Crippen LogP contribution is 2.05. The van der Waals surface area contributed by atoms with Gasteiger partial charge in [0.25, 0.3) is 0 Å². The summed E-state index contributed by atoms with van der Waals surface area (Å²) < 4.78 is 0. The molecular weight excluding hydrogens is 244 g/mol. The Labute approximate surface area is 112 Å². The highest BCUT2D eigenvalue weighted by molar-refractivity contribution is 5.97. The molecular formula is C13H20N4O2. The van der Waals surface area contributed by atoms with E-state index in [-0.39, 0.29) is 17.8 Å². The maximum atomic E-state index is 11.7. The molecule has 0 aliphatic heterocycles. The molecule has 6 nitrogen and oxygen atoms in total. The number of carbonyl (C=O) groups excluding carboxylic acids is 1. The second-order valence-corrected chi connectivity index (χ2v) is 4.52. The minimum atomic E-state index is -0.262. The normalized spacial score (nSPS) is 13.1. The number of amides is 1. The number of nitrogens with one attached hydrogen (secondary N) is 1. The average Bonchev–Trinajstić information content (AvgIpc) is 2.43. The lowest BCUT2D eigenvalue weighted by molar-refractivity contribution is -0.130. The molecule has 0 fully saturated rings. The summed E-state index contributed by atoms with van der Waals surface area (Å²) in [7, 11) is 3.44. The fourth-order valence-electron chi connectivity index (χ4n) is 1.64. The summed E-state index contributed by atoms with van der Waals surface area (Å²) >= 11 is 0. The molecule has 0 saturated carbocycles. The minimum Gasteiger partial charge on any atom is -0.409 e. The van der Waals surface area contributed by atoms with Crippen LogP contribution in [0.15, 0.2) is 29.4 Å². The molecule has 104 valence electrons. The molecule has 0 aliphatic carbocycles. The standard InChI is InChI=1S/C13H20N4O2/c1-9(13(18)17(2)3)15-8-10-5-4-6-11(7-10)12(14)16-19/h4-7,9,15,19H,8H2,1-3H3,(H2,14,16). The Kier molecular flexibility index (Phi) is 5.32. The average molecular weight is 264 g/mol. The monoisotopic (exact) mass is 264 g/mol. The number of nitrogens with two attached hydrogens (primary N) is 1. The van der Waals surface area contributed by atoms with Gasteiger partial charge in [0.15, 0.2) is 5.84 Å². The largest absolute Gasteiger partial charge is 0.409 e. The first kappa shape index (κ1) is 15.0. The zero-order valence-corrected chi connectivity index (χ0v) is 11.4. The van der Waals surface area contributed by atoms with Gasteiger partial charge in [0.05, 0.1) is 6.04 Å². The van der Waals surface area contributed by atoms with Crippen LogP contribution in [0.5, 0.6) is 0 Å². The number of hydrogen-bond donors (Lipinski definition) is 3. The number of carbonyl (C=O) groups is 1. The van der Waals surface area contributed by atoms with E-state index in [1.807, 2.05) is 25.1 Å². The van der Waals surface area contributed by atoms with Crippen molar-refractivity contribution >= 4 is 11.7 Å². The molecule has 1 unspecified atom stereocenters. The number of likely N-dealkylation sites (N-methyl/N-ethyl adjacent to an activating group) is 1. The lowest BCUT2D eigenvalue weighted by atomic mass is 10.1. The smallest absolute Gasteiger partial charge is 0.238 e. The first-order valence-electron chi connectivity index (χ1n) is 5.97. The summed E-state index contributed by atoms with van der Waals surface area (Å²) in [6, 6.07) is 7.04. The third-order valence-electron chi connectivity index (χ3n) is 2.75. The number of rotatable bonds is 5. The zero-order chi connectivity index (χ0) is 14.4. The molecule has 1 aromatic rings. The number of hydrogen-bond acceptors (Lipinski definition) is 4. The minimum absolute atomic E-state index is 0.0209. The van der Waals surface area contributed by atoms with Gasteiger partial charge in [-0.2, -0.15) is 0 Å². The van der Waals surface area contributed by atoms with Crippen molar-refractivity contribution in [3.63, 3.8) is 0 Å². The first-order valence-corrected chi connectivity index (χ1v) is 5.97. The lowest BCUT2D eigenvalue weighted by Crippen LogP contribution is -2.41. The van der Waals surface area contributed by atoms with Crippen LogP contribution in [-0.2, 0) is 11.3 Å². The molecule has 19 heavy (non-hydrogen) atoms. The van der Waals surface area contributed by atoms with Gasteiger partial charge >= 0.3 is 0 Å². The summed E-state index contributed by atoms with van der Waals surface area (Å²) in [6.07, 6.45) is 0. The van der Waals surface area contributed by atoms with Crippen LogP contribution in [0, 0.1) is 0 Å². The Balaban J connectivity index is 2.66. The van der Waals surface area contributed by atoms with E-state index in [2.05, 4.69) is 10.5 Å². The van der Waals surface area contributed by atoms with Crippen LogP contribution in [0.4, 0.5) is 0 Å². The number of nitrogens with zero attached hydrogens (tertiary/aromatic N) is 2. The molecule has 0 heterocycles. The highest BCUT2D eigenvalue weighted by Gasteiger charge is 2.13. The van der Waals surface area contributed by atoms with Crippen molar-refractivity contribution in [2.45, 2.75) is 19.5 Å². The van der Waals surface area contributed by atoms with E-state index in [1.165, 1.54) is 0 Å². The molecule has 1 rings (SSSR count). The molecule has 0 spiro atoms.